The molecular weight excluding hydrogens is 312 g/mol. The molecule has 138 valence electrons. The van der Waals surface area contributed by atoms with E-state index in [-0.39, 0.29) is 0 Å². The smallest absolute Gasteiger partial charge is 0.320 e. The zero-order valence-electron chi connectivity index (χ0n) is 13.2. The summed E-state index contributed by atoms with van der Waals surface area (Å²) < 4.78 is 4.56. The maximum Gasteiger partial charge on any atom is 0.320 e. The number of aliphatic hydroxyl groups is 4. The molecule has 0 aliphatic rings. The largest absolute Gasteiger partial charge is 0.480 e. The minimum atomic E-state index is -1.53. The van der Waals surface area contributed by atoms with Crippen molar-refractivity contribution >= 4 is 11.8 Å². The monoisotopic (exact) mass is 340 g/mol. The lowest BCUT2D eigenvalue weighted by Crippen LogP contribution is -2.45. The van der Waals surface area contributed by atoms with Crippen LogP contribution in [0.3, 0.4) is 0 Å². The second-order valence-electron chi connectivity index (χ2n) is 4.75. The normalized spacial score (nSPS) is 15.8. The number of ketones is 1. The van der Waals surface area contributed by atoms with E-state index in [2.05, 4.69) is 4.74 Å². The number of carboxylic acid groups (broad SMARTS) is 1. The van der Waals surface area contributed by atoms with Crippen LogP contribution in [0, 0.1) is 0 Å². The van der Waals surface area contributed by atoms with Gasteiger partial charge in [0.25, 0.3) is 0 Å². The summed E-state index contributed by atoms with van der Waals surface area (Å²) in [6.07, 6.45) is -2.14. The Morgan fingerprint density at radius 2 is 1.74 bits per heavy atom. The number of nitrogens with two attached hydrogens (primary N) is 2. The molecular formula is C13H28N2O8. The Morgan fingerprint density at radius 1 is 1.17 bits per heavy atom. The van der Waals surface area contributed by atoms with E-state index in [1.54, 1.807) is 0 Å². The van der Waals surface area contributed by atoms with Crippen molar-refractivity contribution in [3.05, 3.63) is 0 Å². The molecule has 0 saturated heterocycles. The molecule has 0 rings (SSSR count). The third-order valence-corrected chi connectivity index (χ3v) is 2.91. The first kappa shape index (κ1) is 24.1. The van der Waals surface area contributed by atoms with Gasteiger partial charge in [0.1, 0.15) is 31.0 Å². The summed E-state index contributed by atoms with van der Waals surface area (Å²) in [5.41, 5.74) is 10.4. The van der Waals surface area contributed by atoms with Gasteiger partial charge in [-0.1, -0.05) is 6.42 Å². The molecule has 0 aliphatic carbocycles. The van der Waals surface area contributed by atoms with Gasteiger partial charge in [0.15, 0.2) is 5.78 Å². The molecule has 0 heterocycles. The highest BCUT2D eigenvalue weighted by Gasteiger charge is 2.30. The van der Waals surface area contributed by atoms with Gasteiger partial charge in [0.05, 0.1) is 6.61 Å². The van der Waals surface area contributed by atoms with Crippen molar-refractivity contribution in [1.82, 2.24) is 0 Å². The van der Waals surface area contributed by atoms with Gasteiger partial charge in [0, 0.05) is 7.11 Å². The van der Waals surface area contributed by atoms with E-state index in [1.165, 1.54) is 0 Å². The molecule has 10 heteroatoms. The number of hydrogen-bond acceptors (Lipinski definition) is 9. The van der Waals surface area contributed by atoms with Crippen LogP contribution in [0.5, 0.6) is 0 Å². The number of methoxy groups -OCH3 is 1. The molecule has 4 atom stereocenters. The van der Waals surface area contributed by atoms with Crippen LogP contribution in [0.25, 0.3) is 0 Å². The third kappa shape index (κ3) is 11.1. The Morgan fingerprint density at radius 3 is 2.09 bits per heavy atom. The molecule has 1 unspecified atom stereocenters. The van der Waals surface area contributed by atoms with Crippen molar-refractivity contribution in [2.75, 3.05) is 26.9 Å². The van der Waals surface area contributed by atoms with Crippen LogP contribution in [-0.4, -0.2) is 88.5 Å². The fraction of sp³-hybridized carbons (Fsp3) is 0.846. The van der Waals surface area contributed by atoms with Crippen molar-refractivity contribution < 1.29 is 39.9 Å². The number of carbonyl (C=O) groups excluding carboxylic acids is 1. The summed E-state index contributed by atoms with van der Waals surface area (Å²) in [5.74, 6) is -1.68. The summed E-state index contributed by atoms with van der Waals surface area (Å²) in [4.78, 5) is 21.0. The van der Waals surface area contributed by atoms with E-state index in [0.29, 0.717) is 13.0 Å². The molecule has 0 bridgehead atoms. The van der Waals surface area contributed by atoms with Crippen molar-refractivity contribution in [3.63, 3.8) is 0 Å². The lowest BCUT2D eigenvalue weighted by atomic mass is 10.1. The van der Waals surface area contributed by atoms with E-state index >= 15 is 0 Å². The van der Waals surface area contributed by atoms with Crippen LogP contribution in [0.15, 0.2) is 0 Å². The lowest BCUT2D eigenvalue weighted by molar-refractivity contribution is -0.146. The van der Waals surface area contributed by atoms with Gasteiger partial charge >= 0.3 is 5.97 Å². The third-order valence-electron chi connectivity index (χ3n) is 2.91. The number of aliphatic hydroxyl groups excluding tert-OH is 4. The molecule has 0 saturated carbocycles. The second kappa shape index (κ2) is 14.5. The number of hydrogen-bond donors (Lipinski definition) is 7. The zero-order chi connectivity index (χ0) is 18.4. The molecule has 0 aromatic rings. The van der Waals surface area contributed by atoms with Gasteiger partial charge in [-0.15, -0.1) is 0 Å². The predicted octanol–water partition coefficient (Wildman–Crippen LogP) is -3.20. The van der Waals surface area contributed by atoms with Crippen LogP contribution in [0.1, 0.15) is 19.3 Å². The van der Waals surface area contributed by atoms with Crippen LogP contribution >= 0.6 is 0 Å². The molecule has 9 N–H and O–H groups in total. The number of aliphatic carboxylic acids is 1. The summed E-state index contributed by atoms with van der Waals surface area (Å²) >= 11 is 0. The van der Waals surface area contributed by atoms with Crippen molar-refractivity contribution in [3.8, 4) is 0 Å². The Kier molecular flexibility index (Phi) is 15.2. The topological polar surface area (TPSA) is 197 Å². The van der Waals surface area contributed by atoms with Gasteiger partial charge < -0.3 is 41.7 Å². The molecule has 0 aromatic heterocycles. The number of carboxylic acids is 1. The van der Waals surface area contributed by atoms with Gasteiger partial charge in [-0.05, 0) is 19.4 Å². The molecule has 0 amide bonds. The zero-order valence-corrected chi connectivity index (χ0v) is 13.2. The van der Waals surface area contributed by atoms with Crippen molar-refractivity contribution in [1.29, 1.82) is 0 Å². The number of carbonyl (C=O) groups is 2. The van der Waals surface area contributed by atoms with Crippen molar-refractivity contribution in [2.24, 2.45) is 11.5 Å². The van der Waals surface area contributed by atoms with E-state index in [0.717, 1.165) is 20.0 Å². The van der Waals surface area contributed by atoms with E-state index in [9.17, 15) is 14.7 Å². The summed E-state index contributed by atoms with van der Waals surface area (Å²) in [7, 11) is 1.16. The summed E-state index contributed by atoms with van der Waals surface area (Å²) in [5, 5.41) is 43.4. The van der Waals surface area contributed by atoms with Gasteiger partial charge in [-0.3, -0.25) is 9.59 Å². The standard InChI is InChI=1S/C7H14O6.C6H14N2O2/c1-13-7(5(11)3-9)6(12)4(10)2-8;7-4-2-1-3-5(8)6(9)10/h4,6-10,12H,2-3H2,1H3;5H,1-4,7-8H2,(H,9,10)/t4-,6+,7+;/m1./s1. The van der Waals surface area contributed by atoms with Gasteiger partial charge in [0.2, 0.25) is 0 Å². The lowest BCUT2D eigenvalue weighted by Gasteiger charge is -2.22. The highest BCUT2D eigenvalue weighted by molar-refractivity contribution is 5.84. The number of rotatable bonds is 11. The van der Waals surface area contributed by atoms with Crippen molar-refractivity contribution in [2.45, 2.75) is 43.6 Å². The number of unbranched alkanes of at least 4 members (excludes halogenated alkanes) is 1. The van der Waals surface area contributed by atoms with Crippen LogP contribution in [-0.2, 0) is 14.3 Å². The number of ether oxygens (including phenoxy) is 1. The van der Waals surface area contributed by atoms with E-state index < -0.39 is 49.3 Å². The van der Waals surface area contributed by atoms with Crippen LogP contribution in [0.2, 0.25) is 0 Å². The molecule has 10 nitrogen and oxygen atoms in total. The highest BCUT2D eigenvalue weighted by Crippen LogP contribution is 2.04. The minimum absolute atomic E-state index is 0.520. The maximum atomic E-state index is 10.9. The Labute approximate surface area is 134 Å². The molecule has 0 radical (unpaired) electrons. The SMILES string of the molecule is CO[C@@H](C(=O)CO)[C@@H](O)[C@H](O)CO.NCCCCC(N)C(=O)O. The minimum Gasteiger partial charge on any atom is -0.480 e. The van der Waals surface area contributed by atoms with Gasteiger partial charge in [-0.25, -0.2) is 0 Å². The van der Waals surface area contributed by atoms with Gasteiger partial charge in [-0.2, -0.15) is 0 Å². The molecule has 0 fully saturated rings. The number of Topliss-reactive ketones (excluding diaryl/α,β-unsaturated/α-hetero) is 1. The first-order valence-electron chi connectivity index (χ1n) is 7.08. The predicted molar refractivity (Wildman–Crippen MR) is 80.5 cm³/mol. The Balaban J connectivity index is 0. The Bertz CT molecular complexity index is 329. The van der Waals surface area contributed by atoms with E-state index in [4.69, 9.17) is 31.9 Å². The molecule has 0 aliphatic heterocycles. The first-order chi connectivity index (χ1) is 10.8. The fourth-order valence-corrected chi connectivity index (χ4v) is 1.49. The van der Waals surface area contributed by atoms with Crippen LogP contribution < -0.4 is 11.5 Å². The molecule has 0 spiro atoms. The molecule has 23 heavy (non-hydrogen) atoms. The summed E-state index contributed by atoms with van der Waals surface area (Å²) in [6, 6.07) is -0.716. The quantitative estimate of drug-likeness (QED) is 0.188. The maximum absolute atomic E-state index is 10.9. The first-order valence-corrected chi connectivity index (χ1v) is 7.08. The average molecular weight is 340 g/mol. The fourth-order valence-electron chi connectivity index (χ4n) is 1.49. The average Bonchev–Trinajstić information content (AvgIpc) is 2.54. The van der Waals surface area contributed by atoms with E-state index in [1.807, 2.05) is 0 Å². The Hall–Kier alpha value is -1.14. The highest BCUT2D eigenvalue weighted by atomic mass is 16.5. The molecule has 0 aromatic carbocycles. The van der Waals surface area contributed by atoms with Crippen LogP contribution in [0.4, 0.5) is 0 Å². The summed E-state index contributed by atoms with van der Waals surface area (Å²) in [6.45, 7) is -0.861. The second-order valence-corrected chi connectivity index (χ2v) is 4.75.